The van der Waals surface area contributed by atoms with Crippen molar-refractivity contribution < 1.29 is 27.8 Å². The number of carbonyl (C=O) groups excluding carboxylic acids is 1. The molecule has 1 saturated heterocycles. The maximum absolute atomic E-state index is 12.2. The first kappa shape index (κ1) is 20.8. The molecule has 0 spiro atoms. The van der Waals surface area contributed by atoms with Gasteiger partial charge in [0.2, 0.25) is 5.89 Å². The summed E-state index contributed by atoms with van der Waals surface area (Å²) >= 11 is 0. The summed E-state index contributed by atoms with van der Waals surface area (Å²) in [6.07, 6.45) is 2.48. The molecule has 1 aliphatic heterocycles. The van der Waals surface area contributed by atoms with Gasteiger partial charge >= 0.3 is 5.97 Å². The van der Waals surface area contributed by atoms with E-state index in [-0.39, 0.29) is 29.3 Å². The Kier molecular flexibility index (Phi) is 5.28. The Morgan fingerprint density at radius 2 is 1.96 bits per heavy atom. The van der Waals surface area contributed by atoms with Crippen molar-refractivity contribution in [2.75, 3.05) is 13.2 Å². The highest BCUT2D eigenvalue weighted by Gasteiger charge is 2.42. The molecule has 9 heteroatoms. The van der Waals surface area contributed by atoms with Gasteiger partial charge in [0.25, 0.3) is 0 Å². The minimum absolute atomic E-state index is 0.0741. The van der Waals surface area contributed by atoms with E-state index in [2.05, 4.69) is 43.8 Å². The smallest absolute Gasteiger partial charge is 0.360 e. The van der Waals surface area contributed by atoms with Crippen LogP contribution in [0, 0.1) is 0 Å². The molecule has 2 aromatic heterocycles. The Morgan fingerprint density at radius 3 is 2.57 bits per heavy atom. The van der Waals surface area contributed by atoms with Crippen LogP contribution in [0.4, 0.5) is 0 Å². The van der Waals surface area contributed by atoms with Crippen LogP contribution < -0.4 is 5.51 Å². The van der Waals surface area contributed by atoms with E-state index in [1.165, 1.54) is 12.5 Å². The molecule has 0 N–H and O–H groups in total. The lowest BCUT2D eigenvalue weighted by atomic mass is 10.2. The van der Waals surface area contributed by atoms with Crippen LogP contribution in [0.25, 0.3) is 11.6 Å². The third-order valence-corrected chi connectivity index (χ3v) is 10.4. The van der Waals surface area contributed by atoms with Gasteiger partial charge in [0.15, 0.2) is 30.8 Å². The number of aromatic nitrogens is 2. The molecule has 3 rings (SSSR count). The van der Waals surface area contributed by atoms with Gasteiger partial charge < -0.3 is 23.0 Å². The van der Waals surface area contributed by atoms with Gasteiger partial charge in [-0.15, -0.1) is 0 Å². The SMILES string of the molecule is CC1(C)OCC(COC(=O)c2coc(-c3coc([Si](C)(C)C(C)(C)C)n3)n2)O1. The van der Waals surface area contributed by atoms with Crippen LogP contribution in [0.1, 0.15) is 45.1 Å². The molecule has 0 amide bonds. The summed E-state index contributed by atoms with van der Waals surface area (Å²) < 4.78 is 27.4. The molecular weight excluding hydrogens is 380 g/mol. The molecule has 154 valence electrons. The molecule has 0 bridgehead atoms. The number of oxazole rings is 2. The van der Waals surface area contributed by atoms with E-state index in [1.54, 1.807) is 0 Å². The number of hydrogen-bond donors (Lipinski definition) is 0. The van der Waals surface area contributed by atoms with E-state index >= 15 is 0 Å². The number of nitrogens with zero attached hydrogens (tertiary/aromatic N) is 2. The van der Waals surface area contributed by atoms with Gasteiger partial charge in [0, 0.05) is 0 Å². The normalized spacial score (nSPS) is 19.8. The fraction of sp³-hybridized carbons (Fsp3) is 0.632. The third kappa shape index (κ3) is 4.21. The molecule has 2 aromatic rings. The molecule has 1 fully saturated rings. The molecule has 1 unspecified atom stereocenters. The fourth-order valence-corrected chi connectivity index (χ4v) is 3.95. The first-order chi connectivity index (χ1) is 12.9. The zero-order valence-electron chi connectivity index (χ0n) is 17.5. The lowest BCUT2D eigenvalue weighted by molar-refractivity contribution is -0.142. The Balaban J connectivity index is 1.65. The zero-order chi connectivity index (χ0) is 20.7. The van der Waals surface area contributed by atoms with Crippen molar-refractivity contribution in [3.8, 4) is 11.6 Å². The van der Waals surface area contributed by atoms with Crippen molar-refractivity contribution in [3.63, 3.8) is 0 Å². The van der Waals surface area contributed by atoms with Crippen LogP contribution >= 0.6 is 0 Å². The fourth-order valence-electron chi connectivity index (χ4n) is 2.55. The molecule has 0 saturated carbocycles. The summed E-state index contributed by atoms with van der Waals surface area (Å²) in [5, 5.41) is 0.0846. The standard InChI is InChI=1S/C19H28N2O6Si/c1-18(2,3)28(6,7)17-21-13(10-25-17)15-20-14(11-23-15)16(22)24-8-12-9-26-19(4,5)27-12/h10-12H,8-9H2,1-7H3. The van der Waals surface area contributed by atoms with Gasteiger partial charge in [-0.05, 0) is 18.9 Å². The molecule has 0 aliphatic carbocycles. The molecule has 0 radical (unpaired) electrons. The van der Waals surface area contributed by atoms with E-state index < -0.39 is 19.8 Å². The van der Waals surface area contributed by atoms with Crippen molar-refractivity contribution in [3.05, 3.63) is 18.2 Å². The second-order valence-electron chi connectivity index (χ2n) is 9.00. The summed E-state index contributed by atoms with van der Waals surface area (Å²) in [5.41, 5.74) is 1.26. The highest BCUT2D eigenvalue weighted by Crippen LogP contribution is 2.35. The first-order valence-electron chi connectivity index (χ1n) is 9.30. The van der Waals surface area contributed by atoms with Crippen LogP contribution in [-0.4, -0.2) is 49.1 Å². The first-order valence-corrected chi connectivity index (χ1v) is 12.3. The van der Waals surface area contributed by atoms with E-state index in [0.717, 1.165) is 5.51 Å². The molecule has 0 aromatic carbocycles. The minimum atomic E-state index is -1.91. The largest absolute Gasteiger partial charge is 0.458 e. The maximum atomic E-state index is 12.2. The predicted molar refractivity (Wildman–Crippen MR) is 104 cm³/mol. The number of rotatable bonds is 5. The summed E-state index contributed by atoms with van der Waals surface area (Å²) in [4.78, 5) is 21.0. The second kappa shape index (κ2) is 7.13. The third-order valence-electron chi connectivity index (χ3n) is 5.31. The molecular formula is C19H28N2O6Si. The van der Waals surface area contributed by atoms with Crippen LogP contribution in [0.5, 0.6) is 0 Å². The summed E-state index contributed by atoms with van der Waals surface area (Å²) in [6.45, 7) is 15.1. The van der Waals surface area contributed by atoms with Crippen LogP contribution in [0.3, 0.4) is 0 Å². The number of carbonyl (C=O) groups is 1. The van der Waals surface area contributed by atoms with Gasteiger partial charge in [-0.25, -0.2) is 14.8 Å². The van der Waals surface area contributed by atoms with Crippen molar-refractivity contribution >= 4 is 19.6 Å². The quantitative estimate of drug-likeness (QED) is 0.549. The van der Waals surface area contributed by atoms with E-state index in [0.29, 0.717) is 12.3 Å². The van der Waals surface area contributed by atoms with Gasteiger partial charge in [-0.3, -0.25) is 0 Å². The Morgan fingerprint density at radius 1 is 1.25 bits per heavy atom. The highest BCUT2D eigenvalue weighted by molar-refractivity contribution is 6.90. The van der Waals surface area contributed by atoms with Crippen molar-refractivity contribution in [2.45, 2.75) is 64.6 Å². The van der Waals surface area contributed by atoms with Crippen molar-refractivity contribution in [1.29, 1.82) is 0 Å². The number of ether oxygens (including phenoxy) is 3. The minimum Gasteiger partial charge on any atom is -0.458 e. The second-order valence-corrected chi connectivity index (χ2v) is 14.2. The van der Waals surface area contributed by atoms with Gasteiger partial charge in [-0.1, -0.05) is 33.9 Å². The molecule has 1 atom stereocenters. The Bertz CT molecular complexity index is 849. The van der Waals surface area contributed by atoms with Crippen LogP contribution in [0.15, 0.2) is 21.4 Å². The van der Waals surface area contributed by atoms with Crippen LogP contribution in [0.2, 0.25) is 18.1 Å². The van der Waals surface area contributed by atoms with E-state index in [9.17, 15) is 4.79 Å². The van der Waals surface area contributed by atoms with Gasteiger partial charge in [-0.2, -0.15) is 0 Å². The number of hydrogen-bond acceptors (Lipinski definition) is 8. The average molecular weight is 409 g/mol. The lowest BCUT2D eigenvalue weighted by Gasteiger charge is -2.33. The van der Waals surface area contributed by atoms with E-state index in [4.69, 9.17) is 23.0 Å². The summed E-state index contributed by atoms with van der Waals surface area (Å²) in [6, 6.07) is 0. The van der Waals surface area contributed by atoms with Gasteiger partial charge in [0.05, 0.1) is 6.61 Å². The molecule has 1 aliphatic rings. The average Bonchev–Trinajstić information content (AvgIpc) is 3.30. The predicted octanol–water partition coefficient (Wildman–Crippen LogP) is 3.35. The topological polar surface area (TPSA) is 96.8 Å². The molecule has 8 nitrogen and oxygen atoms in total. The van der Waals surface area contributed by atoms with Crippen molar-refractivity contribution in [2.24, 2.45) is 0 Å². The Hall–Kier alpha value is -1.97. The number of esters is 1. The Labute approximate surface area is 165 Å². The van der Waals surface area contributed by atoms with Crippen LogP contribution in [-0.2, 0) is 14.2 Å². The zero-order valence-corrected chi connectivity index (χ0v) is 18.5. The summed E-state index contributed by atoms with van der Waals surface area (Å²) in [5.74, 6) is -1.02. The van der Waals surface area contributed by atoms with Crippen molar-refractivity contribution in [1.82, 2.24) is 9.97 Å². The summed E-state index contributed by atoms with van der Waals surface area (Å²) in [7, 11) is -1.91. The van der Waals surface area contributed by atoms with Gasteiger partial charge in [0.1, 0.15) is 25.2 Å². The lowest BCUT2D eigenvalue weighted by Crippen LogP contribution is -2.50. The molecule has 3 heterocycles. The monoisotopic (exact) mass is 408 g/mol. The van der Waals surface area contributed by atoms with E-state index in [1.807, 2.05) is 13.8 Å². The molecule has 28 heavy (non-hydrogen) atoms. The maximum Gasteiger partial charge on any atom is 0.360 e. The highest BCUT2D eigenvalue weighted by atomic mass is 28.3.